The molecule has 0 aliphatic heterocycles. The van der Waals surface area contributed by atoms with Crippen molar-refractivity contribution in [2.24, 2.45) is 5.73 Å². The van der Waals surface area contributed by atoms with Gasteiger partial charge in [0.2, 0.25) is 5.91 Å². The Hall–Kier alpha value is -1.46. The Bertz CT molecular complexity index is 577. The predicted molar refractivity (Wildman–Crippen MR) is 72.2 cm³/mol. The van der Waals surface area contributed by atoms with Crippen LogP contribution in [0.3, 0.4) is 0 Å². The quantitative estimate of drug-likeness (QED) is 0.942. The summed E-state index contributed by atoms with van der Waals surface area (Å²) < 4.78 is 0.675. The highest BCUT2D eigenvalue weighted by Gasteiger charge is 2.22. The summed E-state index contributed by atoms with van der Waals surface area (Å²) in [6.45, 7) is 0. The van der Waals surface area contributed by atoms with E-state index in [4.69, 9.17) is 17.3 Å². The van der Waals surface area contributed by atoms with Gasteiger partial charge in [0, 0.05) is 23.1 Å². The zero-order valence-electron chi connectivity index (χ0n) is 9.18. The number of nitrogens with two attached hydrogens (primary N) is 1. The van der Waals surface area contributed by atoms with Crippen molar-refractivity contribution in [2.75, 3.05) is 0 Å². The molecule has 2 rings (SSSR count). The predicted octanol–water partition coefficient (Wildman–Crippen LogP) is 2.51. The first-order chi connectivity index (χ1) is 8.59. The maximum atomic E-state index is 11.6. The number of halogens is 2. The molecule has 0 saturated heterocycles. The summed E-state index contributed by atoms with van der Waals surface area (Å²) in [5, 5.41) is 0.483. The average molecular weight is 327 g/mol. The van der Waals surface area contributed by atoms with Gasteiger partial charge in [-0.05, 0) is 39.7 Å². The van der Waals surface area contributed by atoms with Gasteiger partial charge in [0.05, 0.1) is 10.7 Å². The molecule has 6 heteroatoms. The number of hydrogen-bond acceptors (Lipinski definition) is 3. The van der Waals surface area contributed by atoms with E-state index in [0.717, 1.165) is 5.56 Å². The monoisotopic (exact) mass is 325 g/mol. The summed E-state index contributed by atoms with van der Waals surface area (Å²) in [5.41, 5.74) is 6.74. The molecule has 4 nitrogen and oxygen atoms in total. The molecular formula is C12H9BrClN3O. The van der Waals surface area contributed by atoms with Crippen molar-refractivity contribution in [1.82, 2.24) is 9.97 Å². The molecule has 0 bridgehead atoms. The van der Waals surface area contributed by atoms with E-state index in [9.17, 15) is 4.79 Å². The fourth-order valence-electron chi connectivity index (χ4n) is 1.62. The largest absolute Gasteiger partial charge is 0.369 e. The van der Waals surface area contributed by atoms with Crippen molar-refractivity contribution in [3.8, 4) is 0 Å². The molecule has 2 heterocycles. The molecule has 1 atom stereocenters. The van der Waals surface area contributed by atoms with Crippen LogP contribution in [0, 0.1) is 0 Å². The van der Waals surface area contributed by atoms with E-state index in [0.29, 0.717) is 15.2 Å². The van der Waals surface area contributed by atoms with Gasteiger partial charge >= 0.3 is 0 Å². The summed E-state index contributed by atoms with van der Waals surface area (Å²) in [4.78, 5) is 19.7. The van der Waals surface area contributed by atoms with Crippen LogP contribution in [0.5, 0.6) is 0 Å². The summed E-state index contributed by atoms with van der Waals surface area (Å²) in [6, 6.07) is 5.16. The number of rotatable bonds is 3. The molecule has 0 spiro atoms. The number of hydrogen-bond donors (Lipinski definition) is 1. The topological polar surface area (TPSA) is 68.9 Å². The Labute approximate surface area is 117 Å². The average Bonchev–Trinajstić information content (AvgIpc) is 2.35. The molecule has 2 aromatic rings. The van der Waals surface area contributed by atoms with Crippen LogP contribution in [0.4, 0.5) is 0 Å². The third-order valence-corrected chi connectivity index (χ3v) is 3.64. The van der Waals surface area contributed by atoms with Crippen LogP contribution in [0.2, 0.25) is 5.02 Å². The maximum Gasteiger partial charge on any atom is 0.231 e. The number of pyridine rings is 2. The van der Waals surface area contributed by atoms with E-state index in [-0.39, 0.29) is 0 Å². The first-order valence-corrected chi connectivity index (χ1v) is 6.27. The van der Waals surface area contributed by atoms with Gasteiger partial charge in [-0.3, -0.25) is 14.8 Å². The number of carbonyl (C=O) groups excluding carboxylic acids is 1. The van der Waals surface area contributed by atoms with Crippen LogP contribution in [0.25, 0.3) is 0 Å². The van der Waals surface area contributed by atoms with Gasteiger partial charge in [0.25, 0.3) is 0 Å². The Balaban J connectivity index is 2.49. The molecule has 0 radical (unpaired) electrons. The Morgan fingerprint density at radius 3 is 2.61 bits per heavy atom. The number of primary amides is 1. The van der Waals surface area contributed by atoms with E-state index < -0.39 is 11.8 Å². The Kier molecular flexibility index (Phi) is 3.93. The minimum Gasteiger partial charge on any atom is -0.369 e. The van der Waals surface area contributed by atoms with E-state index in [1.165, 1.54) is 6.20 Å². The molecule has 0 aliphatic carbocycles. The van der Waals surface area contributed by atoms with E-state index in [1.807, 2.05) is 0 Å². The number of nitrogens with zero attached hydrogens (tertiary/aromatic N) is 2. The first kappa shape index (κ1) is 13.0. The van der Waals surface area contributed by atoms with Crippen LogP contribution < -0.4 is 5.73 Å². The third kappa shape index (κ3) is 2.68. The highest BCUT2D eigenvalue weighted by molar-refractivity contribution is 9.10. The van der Waals surface area contributed by atoms with Crippen LogP contribution in [0.1, 0.15) is 17.2 Å². The highest BCUT2D eigenvalue weighted by atomic mass is 79.9. The minimum absolute atomic E-state index is 0.470. The number of amides is 1. The summed E-state index contributed by atoms with van der Waals surface area (Å²) in [5.74, 6) is -1.08. The molecule has 1 amide bonds. The Morgan fingerprint density at radius 2 is 2.06 bits per heavy atom. The summed E-state index contributed by atoms with van der Waals surface area (Å²) >= 11 is 9.17. The lowest BCUT2D eigenvalue weighted by Gasteiger charge is -2.13. The normalized spacial score (nSPS) is 12.1. The van der Waals surface area contributed by atoms with Gasteiger partial charge in [0.15, 0.2) is 0 Å². The second kappa shape index (κ2) is 5.46. The van der Waals surface area contributed by atoms with Crippen molar-refractivity contribution in [3.05, 3.63) is 57.5 Å². The lowest BCUT2D eigenvalue weighted by molar-refractivity contribution is -0.118. The smallest absolute Gasteiger partial charge is 0.231 e. The summed E-state index contributed by atoms with van der Waals surface area (Å²) in [6.07, 6.45) is 4.70. The van der Waals surface area contributed by atoms with Crippen molar-refractivity contribution < 1.29 is 4.79 Å². The molecule has 2 N–H and O–H groups in total. The van der Waals surface area contributed by atoms with Crippen LogP contribution in [-0.4, -0.2) is 15.9 Å². The SMILES string of the molecule is NC(=O)C(c1ccncc1)c1cc(Br)c(Cl)cn1. The molecule has 0 aromatic carbocycles. The molecule has 2 aromatic heterocycles. The van der Waals surface area contributed by atoms with Crippen LogP contribution >= 0.6 is 27.5 Å². The zero-order valence-corrected chi connectivity index (χ0v) is 11.5. The standard InChI is InChI=1S/C12H9BrClN3O/c13-8-5-10(17-6-9(8)14)11(12(15)18)7-1-3-16-4-2-7/h1-6,11H,(H2,15,18). The number of aromatic nitrogens is 2. The molecule has 0 aliphatic rings. The maximum absolute atomic E-state index is 11.6. The van der Waals surface area contributed by atoms with Gasteiger partial charge < -0.3 is 5.73 Å². The van der Waals surface area contributed by atoms with Crippen molar-refractivity contribution in [3.63, 3.8) is 0 Å². The molecule has 0 saturated carbocycles. The summed E-state index contributed by atoms with van der Waals surface area (Å²) in [7, 11) is 0. The first-order valence-electron chi connectivity index (χ1n) is 5.10. The van der Waals surface area contributed by atoms with Crippen molar-refractivity contribution in [2.45, 2.75) is 5.92 Å². The van der Waals surface area contributed by atoms with Gasteiger partial charge in [-0.15, -0.1) is 0 Å². The van der Waals surface area contributed by atoms with Crippen LogP contribution in [-0.2, 0) is 4.79 Å². The molecule has 92 valence electrons. The van der Waals surface area contributed by atoms with Crippen molar-refractivity contribution in [1.29, 1.82) is 0 Å². The second-order valence-electron chi connectivity index (χ2n) is 3.64. The molecule has 1 unspecified atom stereocenters. The Morgan fingerprint density at radius 1 is 1.39 bits per heavy atom. The van der Waals surface area contributed by atoms with E-state index >= 15 is 0 Å². The lowest BCUT2D eigenvalue weighted by atomic mass is 9.95. The highest BCUT2D eigenvalue weighted by Crippen LogP contribution is 2.28. The molecule has 18 heavy (non-hydrogen) atoms. The van der Waals surface area contributed by atoms with E-state index in [2.05, 4.69) is 25.9 Å². The van der Waals surface area contributed by atoms with Gasteiger partial charge in [-0.2, -0.15) is 0 Å². The van der Waals surface area contributed by atoms with Crippen molar-refractivity contribution >= 4 is 33.4 Å². The second-order valence-corrected chi connectivity index (χ2v) is 4.90. The minimum atomic E-state index is -0.610. The fourth-order valence-corrected chi connectivity index (χ4v) is 2.06. The fraction of sp³-hybridized carbons (Fsp3) is 0.0833. The van der Waals surface area contributed by atoms with E-state index in [1.54, 1.807) is 30.6 Å². The van der Waals surface area contributed by atoms with Gasteiger partial charge in [-0.25, -0.2) is 0 Å². The van der Waals surface area contributed by atoms with Gasteiger partial charge in [0.1, 0.15) is 5.92 Å². The third-order valence-electron chi connectivity index (χ3n) is 2.45. The lowest BCUT2D eigenvalue weighted by Crippen LogP contribution is -2.23. The number of carbonyl (C=O) groups is 1. The van der Waals surface area contributed by atoms with Gasteiger partial charge in [-0.1, -0.05) is 11.6 Å². The molecule has 0 fully saturated rings. The van der Waals surface area contributed by atoms with Crippen LogP contribution in [0.15, 0.2) is 41.3 Å². The zero-order chi connectivity index (χ0) is 13.1. The molecular weight excluding hydrogens is 318 g/mol.